The molecule has 0 unspecified atom stereocenters. The summed E-state index contributed by atoms with van der Waals surface area (Å²) in [6, 6.07) is 1.86. The summed E-state index contributed by atoms with van der Waals surface area (Å²) in [7, 11) is 0. The Hall–Kier alpha value is -2.35. The molecule has 148 valence electrons. The minimum Gasteiger partial charge on any atom is -0.367 e. The molecule has 0 saturated carbocycles. The quantitative estimate of drug-likeness (QED) is 0.439. The van der Waals surface area contributed by atoms with Crippen LogP contribution in [0, 0.1) is 27.2 Å². The van der Waals surface area contributed by atoms with Gasteiger partial charge in [-0.15, -0.1) is 11.6 Å². The second-order valence-electron chi connectivity index (χ2n) is 7.78. The molecule has 8 heteroatoms. The van der Waals surface area contributed by atoms with Crippen molar-refractivity contribution in [3.05, 3.63) is 58.2 Å². The van der Waals surface area contributed by atoms with E-state index in [1.54, 1.807) is 26.8 Å². The van der Waals surface area contributed by atoms with Crippen LogP contribution in [0.5, 0.6) is 0 Å². The smallest absolute Gasteiger partial charge is 0.330 e. The first-order chi connectivity index (χ1) is 12.5. The third kappa shape index (κ3) is 4.88. The van der Waals surface area contributed by atoms with E-state index in [2.05, 4.69) is 6.58 Å². The Morgan fingerprint density at radius 2 is 2.07 bits per heavy atom. The van der Waals surface area contributed by atoms with Crippen LogP contribution in [0.3, 0.4) is 0 Å². The maximum Gasteiger partial charge on any atom is 0.330 e. The topological polar surface area (TPSA) is 72.7 Å². The average Bonchev–Trinajstić information content (AvgIpc) is 2.57. The summed E-state index contributed by atoms with van der Waals surface area (Å²) in [5, 5.41) is 13.0. The van der Waals surface area contributed by atoms with Gasteiger partial charge in [-0.05, 0) is 51.3 Å². The number of benzene rings is 1. The second kappa shape index (κ2) is 8.12. The first-order valence-corrected chi connectivity index (χ1v) is 8.73. The molecule has 1 fully saturated rings. The lowest BCUT2D eigenvalue weighted by molar-refractivity contribution is -0.535. The molecule has 1 aliphatic heterocycles. The molecule has 1 heterocycles. The van der Waals surface area contributed by atoms with Crippen LogP contribution >= 0.6 is 0 Å². The Morgan fingerprint density at radius 3 is 2.59 bits per heavy atom. The van der Waals surface area contributed by atoms with E-state index in [1.165, 1.54) is 11.1 Å². The molecule has 0 bridgehead atoms. The van der Waals surface area contributed by atoms with Crippen molar-refractivity contribution in [2.24, 2.45) is 5.41 Å². The molecule has 0 spiro atoms. The Kier molecular flexibility index (Phi) is 6.30. The normalized spacial score (nSPS) is 23.7. The summed E-state index contributed by atoms with van der Waals surface area (Å²) < 4.78 is 26.9. The average molecular weight is 382 g/mol. The van der Waals surface area contributed by atoms with Crippen molar-refractivity contribution in [3.63, 3.8) is 0 Å². The van der Waals surface area contributed by atoms with E-state index >= 15 is 0 Å². The molecule has 0 N–H and O–H groups in total. The van der Waals surface area contributed by atoms with Crippen LogP contribution in [0.2, 0.25) is 0 Å². The molecule has 0 amide bonds. The fourth-order valence-electron chi connectivity index (χ4n) is 3.10. The van der Waals surface area contributed by atoms with Crippen molar-refractivity contribution in [1.29, 1.82) is 0 Å². The van der Waals surface area contributed by atoms with E-state index in [9.17, 15) is 23.7 Å². The van der Waals surface area contributed by atoms with E-state index < -0.39 is 39.9 Å². The largest absolute Gasteiger partial charge is 0.367 e. The highest BCUT2D eigenvalue weighted by Crippen LogP contribution is 2.36. The van der Waals surface area contributed by atoms with Crippen molar-refractivity contribution in [2.45, 2.75) is 51.6 Å². The van der Waals surface area contributed by atoms with Crippen LogP contribution in [0.1, 0.15) is 45.1 Å². The van der Waals surface area contributed by atoms with E-state index in [4.69, 9.17) is 4.84 Å². The number of piperidine rings is 1. The molecular formula is C19H24F2N2O4. The van der Waals surface area contributed by atoms with Crippen LogP contribution in [-0.4, -0.2) is 34.6 Å². The molecule has 0 radical (unpaired) electrons. The van der Waals surface area contributed by atoms with Gasteiger partial charge in [0.15, 0.2) is 11.6 Å². The third-order valence-corrected chi connectivity index (χ3v) is 4.66. The van der Waals surface area contributed by atoms with Crippen molar-refractivity contribution in [1.82, 2.24) is 5.06 Å². The Labute approximate surface area is 156 Å². The monoisotopic (exact) mass is 382 g/mol. The Balaban J connectivity index is 2.33. The van der Waals surface area contributed by atoms with Crippen LogP contribution in [0.15, 0.2) is 30.9 Å². The lowest BCUT2D eigenvalue weighted by Crippen LogP contribution is -2.53. The molecule has 0 aromatic heterocycles. The minimum absolute atomic E-state index is 0.142. The standard InChI is InChI=1S/C19H24F2N2O4/c1-5-6-13-10-14(12-7-8-15(20)16(21)9-12)17(23(25)26)11-22(13)27-18(24)19(2,3)4/h5,7-9,13-14,17H,1,6,10-11H2,2-4H3/t13-,14-,17+/m0/s1. The number of hydrogen-bond acceptors (Lipinski definition) is 5. The van der Waals surface area contributed by atoms with Gasteiger partial charge in [0.1, 0.15) is 6.54 Å². The fourth-order valence-corrected chi connectivity index (χ4v) is 3.10. The summed E-state index contributed by atoms with van der Waals surface area (Å²) in [6.07, 6.45) is 2.32. The molecule has 0 aliphatic carbocycles. The van der Waals surface area contributed by atoms with Crippen molar-refractivity contribution < 1.29 is 23.3 Å². The Morgan fingerprint density at radius 1 is 1.41 bits per heavy atom. The summed E-state index contributed by atoms with van der Waals surface area (Å²) in [5.74, 6) is -3.18. The van der Waals surface area contributed by atoms with Gasteiger partial charge >= 0.3 is 5.97 Å². The summed E-state index contributed by atoms with van der Waals surface area (Å²) in [4.78, 5) is 28.8. The molecule has 1 aromatic carbocycles. The van der Waals surface area contributed by atoms with Gasteiger partial charge in [0.25, 0.3) is 0 Å². The van der Waals surface area contributed by atoms with Crippen molar-refractivity contribution >= 4 is 5.97 Å². The van der Waals surface area contributed by atoms with Gasteiger partial charge in [0, 0.05) is 4.92 Å². The van der Waals surface area contributed by atoms with Gasteiger partial charge in [-0.2, -0.15) is 0 Å². The van der Waals surface area contributed by atoms with E-state index in [1.807, 2.05) is 0 Å². The van der Waals surface area contributed by atoms with E-state index in [-0.39, 0.29) is 19.0 Å². The Bertz CT molecular complexity index is 733. The summed E-state index contributed by atoms with van der Waals surface area (Å²) in [5.41, 5.74) is -0.411. The van der Waals surface area contributed by atoms with E-state index in [0.717, 1.165) is 12.1 Å². The lowest BCUT2D eigenvalue weighted by atomic mass is 9.82. The minimum atomic E-state index is -1.12. The summed E-state index contributed by atoms with van der Waals surface area (Å²) >= 11 is 0. The van der Waals surface area contributed by atoms with Crippen LogP contribution < -0.4 is 0 Å². The number of hydrogen-bond donors (Lipinski definition) is 0. The predicted octanol–water partition coefficient (Wildman–Crippen LogP) is 3.85. The highest BCUT2D eigenvalue weighted by molar-refractivity contribution is 5.75. The number of nitro groups is 1. The maximum atomic E-state index is 13.6. The van der Waals surface area contributed by atoms with Crippen molar-refractivity contribution in [2.75, 3.05) is 6.54 Å². The van der Waals surface area contributed by atoms with Crippen LogP contribution in [0.4, 0.5) is 8.78 Å². The molecule has 1 aliphatic rings. The molecule has 1 aromatic rings. The van der Waals surface area contributed by atoms with Gasteiger partial charge in [0.05, 0.1) is 17.4 Å². The zero-order chi connectivity index (χ0) is 20.4. The zero-order valence-corrected chi connectivity index (χ0v) is 15.7. The predicted molar refractivity (Wildman–Crippen MR) is 95.4 cm³/mol. The van der Waals surface area contributed by atoms with Gasteiger partial charge in [-0.25, -0.2) is 13.6 Å². The van der Waals surface area contributed by atoms with Gasteiger partial charge in [-0.3, -0.25) is 10.1 Å². The number of hydroxylamine groups is 2. The fraction of sp³-hybridized carbons (Fsp3) is 0.526. The van der Waals surface area contributed by atoms with Gasteiger partial charge in [-0.1, -0.05) is 12.1 Å². The number of rotatable bonds is 5. The first kappa shape index (κ1) is 21.0. The first-order valence-electron chi connectivity index (χ1n) is 8.73. The third-order valence-electron chi connectivity index (χ3n) is 4.66. The zero-order valence-electron chi connectivity index (χ0n) is 15.7. The second-order valence-corrected chi connectivity index (χ2v) is 7.78. The van der Waals surface area contributed by atoms with Crippen LogP contribution in [0.25, 0.3) is 0 Å². The van der Waals surface area contributed by atoms with Crippen LogP contribution in [-0.2, 0) is 9.63 Å². The van der Waals surface area contributed by atoms with E-state index in [0.29, 0.717) is 12.0 Å². The molecule has 27 heavy (non-hydrogen) atoms. The summed E-state index contributed by atoms with van der Waals surface area (Å²) in [6.45, 7) is 8.62. The molecule has 6 nitrogen and oxygen atoms in total. The molecule has 3 atom stereocenters. The van der Waals surface area contributed by atoms with Gasteiger partial charge in [0.2, 0.25) is 6.04 Å². The molecule has 2 rings (SSSR count). The molecular weight excluding hydrogens is 358 g/mol. The number of nitrogens with zero attached hydrogens (tertiary/aromatic N) is 2. The van der Waals surface area contributed by atoms with Gasteiger partial charge < -0.3 is 4.84 Å². The molecule has 1 saturated heterocycles. The number of carbonyl (C=O) groups is 1. The number of halogens is 2. The van der Waals surface area contributed by atoms with Crippen molar-refractivity contribution in [3.8, 4) is 0 Å². The number of carbonyl (C=O) groups excluding carboxylic acids is 1. The highest BCUT2D eigenvalue weighted by Gasteiger charge is 2.45. The SMILES string of the molecule is C=CC[C@H]1C[C@@H](c2ccc(F)c(F)c2)[C@H]([N+](=O)[O-])CN1OC(=O)C(C)(C)C. The lowest BCUT2D eigenvalue weighted by Gasteiger charge is -2.39. The highest BCUT2D eigenvalue weighted by atomic mass is 19.2. The maximum absolute atomic E-state index is 13.6.